The van der Waals surface area contributed by atoms with Crippen LogP contribution in [-0.2, 0) is 7.05 Å². The third kappa shape index (κ3) is 4.97. The van der Waals surface area contributed by atoms with Crippen LogP contribution in [0, 0.1) is 0 Å². The zero-order valence-electron chi connectivity index (χ0n) is 17.5. The van der Waals surface area contributed by atoms with Crippen molar-refractivity contribution in [2.75, 3.05) is 12.4 Å². The highest BCUT2D eigenvalue weighted by Gasteiger charge is 2.32. The number of amides is 1. The number of aryl methyl sites for hydroxylation is 1. The standard InChI is InChI=1S/C22H18F3N5O3/c1-26-20(31)17-12-14(9-10-27-17)32-13-7-8-18-16(11-13)29-21(30(18)2)28-15-5-3-4-6-19(15)33-22(23,24)25/h3-12H,1-2H3,(H,26,31)(H,28,29). The van der Waals surface area contributed by atoms with E-state index in [9.17, 15) is 18.0 Å². The fraction of sp³-hybridized carbons (Fsp3) is 0.136. The maximum Gasteiger partial charge on any atom is 0.573 e. The van der Waals surface area contributed by atoms with E-state index in [4.69, 9.17) is 4.74 Å². The van der Waals surface area contributed by atoms with Gasteiger partial charge in [-0.2, -0.15) is 0 Å². The predicted octanol–water partition coefficient (Wildman–Crippen LogP) is 4.76. The number of imidazole rings is 1. The van der Waals surface area contributed by atoms with Crippen LogP contribution < -0.4 is 20.1 Å². The van der Waals surface area contributed by atoms with E-state index in [0.717, 1.165) is 5.52 Å². The van der Waals surface area contributed by atoms with E-state index in [0.29, 0.717) is 23.0 Å². The highest BCUT2D eigenvalue weighted by molar-refractivity contribution is 5.92. The second-order valence-corrected chi connectivity index (χ2v) is 6.87. The van der Waals surface area contributed by atoms with Gasteiger partial charge in [0.05, 0.1) is 16.7 Å². The monoisotopic (exact) mass is 457 g/mol. The van der Waals surface area contributed by atoms with Crippen LogP contribution in [0.4, 0.5) is 24.8 Å². The van der Waals surface area contributed by atoms with Crippen molar-refractivity contribution in [1.82, 2.24) is 19.9 Å². The average molecular weight is 457 g/mol. The molecule has 2 heterocycles. The molecule has 0 atom stereocenters. The van der Waals surface area contributed by atoms with Gasteiger partial charge in [-0.3, -0.25) is 9.78 Å². The van der Waals surface area contributed by atoms with Gasteiger partial charge in [-0.25, -0.2) is 4.98 Å². The minimum atomic E-state index is -4.82. The number of alkyl halides is 3. The van der Waals surface area contributed by atoms with Gasteiger partial charge in [-0.05, 0) is 30.3 Å². The third-order valence-electron chi connectivity index (χ3n) is 4.64. The van der Waals surface area contributed by atoms with Gasteiger partial charge in [0.15, 0.2) is 5.75 Å². The largest absolute Gasteiger partial charge is 0.573 e. The molecule has 0 aliphatic heterocycles. The van der Waals surface area contributed by atoms with Gasteiger partial charge in [0.2, 0.25) is 5.95 Å². The molecule has 0 fully saturated rings. The summed E-state index contributed by atoms with van der Waals surface area (Å²) in [6.45, 7) is 0. The molecule has 4 aromatic rings. The lowest BCUT2D eigenvalue weighted by Gasteiger charge is -2.14. The van der Waals surface area contributed by atoms with Crippen LogP contribution in [0.15, 0.2) is 60.8 Å². The van der Waals surface area contributed by atoms with Crippen LogP contribution in [0.25, 0.3) is 11.0 Å². The molecule has 2 aromatic heterocycles. The number of pyridine rings is 1. The van der Waals surface area contributed by atoms with Gasteiger partial charge in [0.1, 0.15) is 17.2 Å². The summed E-state index contributed by atoms with van der Waals surface area (Å²) in [5.41, 5.74) is 1.59. The van der Waals surface area contributed by atoms with Crippen LogP contribution in [0.3, 0.4) is 0 Å². The van der Waals surface area contributed by atoms with Crippen molar-refractivity contribution in [2.45, 2.75) is 6.36 Å². The maximum atomic E-state index is 12.7. The first-order chi connectivity index (χ1) is 15.7. The Labute approximate surface area is 186 Å². The zero-order valence-corrected chi connectivity index (χ0v) is 17.5. The quantitative estimate of drug-likeness (QED) is 0.434. The van der Waals surface area contributed by atoms with E-state index < -0.39 is 6.36 Å². The number of rotatable bonds is 6. The molecular weight excluding hydrogens is 439 g/mol. The van der Waals surface area contributed by atoms with Crippen LogP contribution in [0.1, 0.15) is 10.5 Å². The number of nitrogens with one attached hydrogen (secondary N) is 2. The Morgan fingerprint density at radius 1 is 1.06 bits per heavy atom. The van der Waals surface area contributed by atoms with Crippen molar-refractivity contribution in [3.8, 4) is 17.2 Å². The Kier molecular flexibility index (Phi) is 5.78. The molecule has 8 nitrogen and oxygen atoms in total. The number of fused-ring (bicyclic) bond motifs is 1. The van der Waals surface area contributed by atoms with Crippen molar-refractivity contribution in [2.24, 2.45) is 7.05 Å². The number of hydrogen-bond acceptors (Lipinski definition) is 6. The number of benzene rings is 2. The lowest BCUT2D eigenvalue weighted by Crippen LogP contribution is -2.18. The van der Waals surface area contributed by atoms with Crippen LogP contribution >= 0.6 is 0 Å². The van der Waals surface area contributed by atoms with Gasteiger partial charge < -0.3 is 24.7 Å². The van der Waals surface area contributed by atoms with E-state index in [-0.39, 0.29) is 23.0 Å². The van der Waals surface area contributed by atoms with E-state index in [1.165, 1.54) is 37.5 Å². The molecule has 0 radical (unpaired) electrons. The minimum Gasteiger partial charge on any atom is -0.457 e. The first-order valence-corrected chi connectivity index (χ1v) is 9.68. The number of carbonyl (C=O) groups excluding carboxylic acids is 1. The molecule has 4 rings (SSSR count). The number of hydrogen-bond donors (Lipinski definition) is 2. The molecule has 0 saturated carbocycles. The topological polar surface area (TPSA) is 90.3 Å². The van der Waals surface area contributed by atoms with E-state index in [1.54, 1.807) is 41.9 Å². The molecule has 1 amide bonds. The molecule has 11 heteroatoms. The van der Waals surface area contributed by atoms with Crippen molar-refractivity contribution in [3.05, 3.63) is 66.5 Å². The van der Waals surface area contributed by atoms with Gasteiger partial charge >= 0.3 is 6.36 Å². The average Bonchev–Trinajstić information content (AvgIpc) is 3.08. The number of halogens is 3. The van der Waals surface area contributed by atoms with Crippen molar-refractivity contribution in [1.29, 1.82) is 0 Å². The fourth-order valence-electron chi connectivity index (χ4n) is 3.12. The van der Waals surface area contributed by atoms with Crippen molar-refractivity contribution in [3.63, 3.8) is 0 Å². The molecule has 33 heavy (non-hydrogen) atoms. The second kappa shape index (κ2) is 8.69. The summed E-state index contributed by atoms with van der Waals surface area (Å²) >= 11 is 0. The molecule has 2 N–H and O–H groups in total. The van der Waals surface area contributed by atoms with Crippen LogP contribution in [-0.4, -0.2) is 33.9 Å². The van der Waals surface area contributed by atoms with Gasteiger partial charge in [0.25, 0.3) is 5.91 Å². The summed E-state index contributed by atoms with van der Waals surface area (Å²) in [7, 11) is 3.23. The van der Waals surface area contributed by atoms with E-state index in [2.05, 4.69) is 25.3 Å². The molecule has 2 aromatic carbocycles. The molecule has 0 aliphatic carbocycles. The number of nitrogens with zero attached hydrogens (tertiary/aromatic N) is 3. The first-order valence-electron chi connectivity index (χ1n) is 9.68. The lowest BCUT2D eigenvalue weighted by molar-refractivity contribution is -0.274. The Morgan fingerprint density at radius 3 is 2.58 bits per heavy atom. The third-order valence-corrected chi connectivity index (χ3v) is 4.64. The summed E-state index contributed by atoms with van der Waals surface area (Å²) < 4.78 is 49.7. The Hall–Kier alpha value is -4.28. The van der Waals surface area contributed by atoms with Gasteiger partial charge in [0, 0.05) is 32.4 Å². The number of ether oxygens (including phenoxy) is 2. The summed E-state index contributed by atoms with van der Waals surface area (Å²) in [5, 5.41) is 5.38. The maximum absolute atomic E-state index is 12.7. The summed E-state index contributed by atoms with van der Waals surface area (Å²) in [5.74, 6) is 0.473. The summed E-state index contributed by atoms with van der Waals surface area (Å²) in [6.07, 6.45) is -3.36. The van der Waals surface area contributed by atoms with Gasteiger partial charge in [-0.1, -0.05) is 12.1 Å². The van der Waals surface area contributed by atoms with E-state index in [1.807, 2.05) is 0 Å². The second-order valence-electron chi connectivity index (χ2n) is 6.87. The van der Waals surface area contributed by atoms with Crippen molar-refractivity contribution >= 4 is 28.6 Å². The smallest absolute Gasteiger partial charge is 0.457 e. The first kappa shape index (κ1) is 21.9. The SMILES string of the molecule is CNC(=O)c1cc(Oc2ccc3c(c2)nc(Nc2ccccc2OC(F)(F)F)n3C)ccn1. The van der Waals surface area contributed by atoms with Crippen LogP contribution in [0.5, 0.6) is 17.2 Å². The lowest BCUT2D eigenvalue weighted by atomic mass is 10.3. The highest BCUT2D eigenvalue weighted by atomic mass is 19.4. The number of aromatic nitrogens is 3. The highest BCUT2D eigenvalue weighted by Crippen LogP contribution is 2.33. The Bertz CT molecular complexity index is 1320. The summed E-state index contributed by atoms with van der Waals surface area (Å²) in [6, 6.07) is 14.0. The number of para-hydroxylation sites is 2. The zero-order chi connectivity index (χ0) is 23.6. The normalized spacial score (nSPS) is 11.3. The molecule has 0 saturated heterocycles. The van der Waals surface area contributed by atoms with Gasteiger partial charge in [-0.15, -0.1) is 13.2 Å². The molecule has 0 unspecified atom stereocenters. The number of carbonyl (C=O) groups is 1. The summed E-state index contributed by atoms with van der Waals surface area (Å²) in [4.78, 5) is 20.2. The fourth-order valence-corrected chi connectivity index (χ4v) is 3.12. The number of anilines is 2. The molecular formula is C22H18F3N5O3. The van der Waals surface area contributed by atoms with Crippen LogP contribution in [0.2, 0.25) is 0 Å². The molecule has 170 valence electrons. The Morgan fingerprint density at radius 2 is 1.82 bits per heavy atom. The minimum absolute atomic E-state index is 0.114. The Balaban J connectivity index is 1.60. The molecule has 0 bridgehead atoms. The predicted molar refractivity (Wildman–Crippen MR) is 115 cm³/mol. The molecule has 0 spiro atoms. The molecule has 0 aliphatic rings. The van der Waals surface area contributed by atoms with E-state index >= 15 is 0 Å². The van der Waals surface area contributed by atoms with Crippen molar-refractivity contribution < 1.29 is 27.4 Å².